The third-order valence-corrected chi connectivity index (χ3v) is 5.71. The van der Waals surface area contributed by atoms with Gasteiger partial charge in [-0.25, -0.2) is 12.8 Å². The molecule has 0 aliphatic carbocycles. The fraction of sp³-hybridized carbons (Fsp3) is 0.150. The molecule has 0 fully saturated rings. The minimum Gasteiger partial charge on any atom is -0.468 e. The van der Waals surface area contributed by atoms with E-state index in [-0.39, 0.29) is 11.3 Å². The zero-order valence-corrected chi connectivity index (χ0v) is 15.4. The van der Waals surface area contributed by atoms with E-state index in [9.17, 15) is 17.6 Å². The molecular weight excluding hydrogens is 369 g/mol. The molecule has 27 heavy (non-hydrogen) atoms. The molecule has 1 unspecified atom stereocenters. The van der Waals surface area contributed by atoms with Crippen molar-refractivity contribution in [3.05, 3.63) is 78.1 Å². The van der Waals surface area contributed by atoms with Crippen molar-refractivity contribution >= 4 is 26.8 Å². The Balaban J connectivity index is 1.94. The minimum absolute atomic E-state index is 0.0386. The number of ether oxygens (including phenoxy) is 1. The van der Waals surface area contributed by atoms with Crippen molar-refractivity contribution in [3.63, 3.8) is 0 Å². The van der Waals surface area contributed by atoms with Gasteiger partial charge in [0.25, 0.3) is 0 Å². The Bertz CT molecular complexity index is 1060. The number of rotatable bonds is 6. The van der Waals surface area contributed by atoms with Crippen LogP contribution in [-0.2, 0) is 26.0 Å². The predicted molar refractivity (Wildman–Crippen MR) is 100 cm³/mol. The molecular formula is C20H18FNO4S. The lowest BCUT2D eigenvalue weighted by atomic mass is 10.1. The summed E-state index contributed by atoms with van der Waals surface area (Å²) in [5.74, 6) is -1.13. The molecule has 7 heteroatoms. The van der Waals surface area contributed by atoms with E-state index in [4.69, 9.17) is 4.74 Å². The van der Waals surface area contributed by atoms with Gasteiger partial charge in [-0.05, 0) is 35.6 Å². The summed E-state index contributed by atoms with van der Waals surface area (Å²) in [4.78, 5) is 12.2. The number of benzene rings is 3. The number of hydrogen-bond acceptors (Lipinski definition) is 4. The number of halogens is 1. The first-order chi connectivity index (χ1) is 12.9. The smallest absolute Gasteiger partial charge is 0.324 e. The van der Waals surface area contributed by atoms with E-state index < -0.39 is 27.9 Å². The molecule has 0 aromatic heterocycles. The number of hydrogen-bond donors (Lipinski definition) is 1. The average molecular weight is 387 g/mol. The van der Waals surface area contributed by atoms with Crippen molar-refractivity contribution in [1.82, 2.24) is 4.72 Å². The highest BCUT2D eigenvalue weighted by Gasteiger charge is 2.27. The van der Waals surface area contributed by atoms with E-state index in [0.29, 0.717) is 10.9 Å². The first-order valence-corrected chi connectivity index (χ1v) is 9.71. The molecule has 0 amide bonds. The monoisotopic (exact) mass is 387 g/mol. The van der Waals surface area contributed by atoms with Gasteiger partial charge >= 0.3 is 5.97 Å². The van der Waals surface area contributed by atoms with Crippen molar-refractivity contribution in [2.45, 2.75) is 17.4 Å². The highest BCUT2D eigenvalue weighted by atomic mass is 32.2. The molecule has 0 bridgehead atoms. The standard InChI is InChI=1S/C20H18FNO4S/c1-26-20(23)18(13-14-9-11-16(21)12-10-14)22-27(24,25)19-8-4-6-15-5-2-3-7-17(15)19/h2-12,18,22H,13H2,1H3. The van der Waals surface area contributed by atoms with Gasteiger partial charge in [-0.1, -0.05) is 48.5 Å². The maximum absolute atomic E-state index is 13.1. The maximum Gasteiger partial charge on any atom is 0.324 e. The molecule has 0 aliphatic heterocycles. The largest absolute Gasteiger partial charge is 0.468 e. The van der Waals surface area contributed by atoms with Crippen molar-refractivity contribution in [2.24, 2.45) is 0 Å². The van der Waals surface area contributed by atoms with Crippen molar-refractivity contribution in [2.75, 3.05) is 7.11 Å². The Morgan fingerprint density at radius 2 is 1.70 bits per heavy atom. The zero-order chi connectivity index (χ0) is 19.4. The Labute approximate surface area is 156 Å². The van der Waals surface area contributed by atoms with E-state index in [1.807, 2.05) is 18.2 Å². The maximum atomic E-state index is 13.1. The van der Waals surface area contributed by atoms with E-state index in [0.717, 1.165) is 5.39 Å². The van der Waals surface area contributed by atoms with Crippen LogP contribution in [0, 0.1) is 5.82 Å². The Hall–Kier alpha value is -2.77. The molecule has 1 N–H and O–H groups in total. The van der Waals surface area contributed by atoms with Gasteiger partial charge in [0.1, 0.15) is 11.9 Å². The van der Waals surface area contributed by atoms with Crippen LogP contribution in [0.2, 0.25) is 0 Å². The van der Waals surface area contributed by atoms with E-state index in [1.165, 1.54) is 37.4 Å². The molecule has 3 rings (SSSR count). The molecule has 5 nitrogen and oxygen atoms in total. The molecule has 0 saturated heterocycles. The summed E-state index contributed by atoms with van der Waals surface area (Å²) in [5, 5.41) is 1.33. The lowest BCUT2D eigenvalue weighted by Gasteiger charge is -2.17. The average Bonchev–Trinajstić information content (AvgIpc) is 2.68. The Morgan fingerprint density at radius 1 is 1.04 bits per heavy atom. The van der Waals surface area contributed by atoms with Crippen molar-refractivity contribution in [1.29, 1.82) is 0 Å². The van der Waals surface area contributed by atoms with Crippen LogP contribution in [0.25, 0.3) is 10.8 Å². The van der Waals surface area contributed by atoms with Gasteiger partial charge in [0, 0.05) is 5.39 Å². The van der Waals surface area contributed by atoms with E-state index in [1.54, 1.807) is 18.2 Å². The number of nitrogens with one attached hydrogen (secondary N) is 1. The number of carbonyl (C=O) groups is 1. The molecule has 1 atom stereocenters. The zero-order valence-electron chi connectivity index (χ0n) is 14.6. The summed E-state index contributed by atoms with van der Waals surface area (Å²) in [6.45, 7) is 0. The van der Waals surface area contributed by atoms with E-state index in [2.05, 4.69) is 4.72 Å². The fourth-order valence-electron chi connectivity index (χ4n) is 2.85. The van der Waals surface area contributed by atoms with Crippen molar-refractivity contribution in [3.8, 4) is 0 Å². The van der Waals surface area contributed by atoms with Crippen LogP contribution in [0.4, 0.5) is 4.39 Å². The Kier molecular flexibility index (Phi) is 5.53. The van der Waals surface area contributed by atoms with Gasteiger partial charge < -0.3 is 4.74 Å². The summed E-state index contributed by atoms with van der Waals surface area (Å²) in [5.41, 5.74) is 0.604. The van der Waals surface area contributed by atoms with Crippen LogP contribution in [-0.4, -0.2) is 27.5 Å². The van der Waals surface area contributed by atoms with Crippen LogP contribution < -0.4 is 4.72 Å². The predicted octanol–water partition coefficient (Wildman–Crippen LogP) is 3.04. The van der Waals surface area contributed by atoms with Gasteiger partial charge in [-0.3, -0.25) is 4.79 Å². The highest BCUT2D eigenvalue weighted by Crippen LogP contribution is 2.23. The number of sulfonamides is 1. The molecule has 0 heterocycles. The number of esters is 1. The molecule has 140 valence electrons. The third kappa shape index (κ3) is 4.32. The van der Waals surface area contributed by atoms with Crippen LogP contribution in [0.5, 0.6) is 0 Å². The molecule has 3 aromatic rings. The van der Waals surface area contributed by atoms with Crippen LogP contribution >= 0.6 is 0 Å². The second kappa shape index (κ2) is 7.85. The third-order valence-electron chi connectivity index (χ3n) is 4.18. The SMILES string of the molecule is COC(=O)C(Cc1ccc(F)cc1)NS(=O)(=O)c1cccc2ccccc12. The number of fused-ring (bicyclic) bond motifs is 1. The molecule has 0 spiro atoms. The molecule has 0 radical (unpaired) electrons. The van der Waals surface area contributed by atoms with Gasteiger partial charge in [0.05, 0.1) is 12.0 Å². The van der Waals surface area contributed by atoms with Crippen LogP contribution in [0.3, 0.4) is 0 Å². The molecule has 0 aliphatic rings. The minimum atomic E-state index is -3.99. The summed E-state index contributed by atoms with van der Waals surface area (Å²) in [6.07, 6.45) is 0.0386. The normalized spacial score (nSPS) is 12.7. The quantitative estimate of drug-likeness (QED) is 0.660. The molecule has 0 saturated carbocycles. The molecule has 3 aromatic carbocycles. The second-order valence-electron chi connectivity index (χ2n) is 6.00. The fourth-order valence-corrected chi connectivity index (χ4v) is 4.27. The summed E-state index contributed by atoms with van der Waals surface area (Å²) >= 11 is 0. The van der Waals surface area contributed by atoms with Crippen LogP contribution in [0.15, 0.2) is 71.6 Å². The Morgan fingerprint density at radius 3 is 2.41 bits per heavy atom. The van der Waals surface area contributed by atoms with Gasteiger partial charge in [-0.2, -0.15) is 4.72 Å². The first-order valence-electron chi connectivity index (χ1n) is 8.23. The lowest BCUT2D eigenvalue weighted by molar-refractivity contribution is -0.142. The summed E-state index contributed by atoms with van der Waals surface area (Å²) < 4.78 is 46.1. The van der Waals surface area contributed by atoms with Gasteiger partial charge in [-0.15, -0.1) is 0 Å². The summed E-state index contributed by atoms with van der Waals surface area (Å²) in [7, 11) is -2.81. The van der Waals surface area contributed by atoms with Gasteiger partial charge in [0.2, 0.25) is 10.0 Å². The number of carbonyl (C=O) groups excluding carboxylic acids is 1. The topological polar surface area (TPSA) is 72.5 Å². The lowest BCUT2D eigenvalue weighted by Crippen LogP contribution is -2.43. The van der Waals surface area contributed by atoms with E-state index >= 15 is 0 Å². The number of methoxy groups -OCH3 is 1. The first kappa shape index (κ1) is 19.0. The second-order valence-corrected chi connectivity index (χ2v) is 7.69. The van der Waals surface area contributed by atoms with Gasteiger partial charge in [0.15, 0.2) is 0 Å². The summed E-state index contributed by atoms with van der Waals surface area (Å²) in [6, 6.07) is 16.4. The highest BCUT2D eigenvalue weighted by molar-refractivity contribution is 7.89. The van der Waals surface area contributed by atoms with Crippen molar-refractivity contribution < 1.29 is 22.3 Å². The van der Waals surface area contributed by atoms with Crippen LogP contribution in [0.1, 0.15) is 5.56 Å².